The molecule has 5 nitrogen and oxygen atoms in total. The van der Waals surface area contributed by atoms with Gasteiger partial charge in [-0.15, -0.1) is 11.3 Å². The van der Waals surface area contributed by atoms with Gasteiger partial charge in [-0.1, -0.05) is 11.6 Å². The highest BCUT2D eigenvalue weighted by atomic mass is 35.5. The highest BCUT2D eigenvalue weighted by Crippen LogP contribution is 2.43. The number of thiazole rings is 1. The molecule has 0 radical (unpaired) electrons. The quantitative estimate of drug-likeness (QED) is 0.765. The summed E-state index contributed by atoms with van der Waals surface area (Å²) in [6.45, 7) is 3.15. The third kappa shape index (κ3) is 3.38. The number of hydrogen-bond donors (Lipinski definition) is 1. The molecule has 0 atom stereocenters. The molecule has 1 aromatic heterocycles. The lowest BCUT2D eigenvalue weighted by Crippen LogP contribution is -2.52. The second-order valence-corrected chi connectivity index (χ2v) is 8.50. The molecule has 2 amide bonds. The number of carbonyl (C=O) groups excluding carboxylic acids is 1. The number of urea groups is 1. The van der Waals surface area contributed by atoms with Crippen molar-refractivity contribution < 1.29 is 13.9 Å². The van der Waals surface area contributed by atoms with E-state index in [1.165, 1.54) is 23.5 Å². The van der Waals surface area contributed by atoms with E-state index in [0.717, 1.165) is 36.1 Å². The minimum atomic E-state index is -0.336. The highest BCUT2D eigenvalue weighted by Gasteiger charge is 2.41. The second-order valence-electron chi connectivity index (χ2n) is 6.85. The van der Waals surface area contributed by atoms with Crippen LogP contribution < -0.4 is 10.1 Å². The molecule has 0 saturated carbocycles. The van der Waals surface area contributed by atoms with Crippen LogP contribution in [-0.2, 0) is 6.42 Å². The maximum Gasteiger partial charge on any atom is 0.323 e. The van der Waals surface area contributed by atoms with Gasteiger partial charge in [0.2, 0.25) is 0 Å². The van der Waals surface area contributed by atoms with E-state index in [9.17, 15) is 9.18 Å². The van der Waals surface area contributed by atoms with Crippen LogP contribution in [0.25, 0.3) is 0 Å². The van der Waals surface area contributed by atoms with Gasteiger partial charge in [0.15, 0.2) is 5.13 Å². The van der Waals surface area contributed by atoms with Crippen LogP contribution in [0.4, 0.5) is 14.3 Å². The van der Waals surface area contributed by atoms with Crippen LogP contribution in [0.1, 0.15) is 29.7 Å². The summed E-state index contributed by atoms with van der Waals surface area (Å²) in [6.07, 6.45) is 4.73. The van der Waals surface area contributed by atoms with Gasteiger partial charge in [-0.3, -0.25) is 5.32 Å². The first kappa shape index (κ1) is 17.5. The first-order chi connectivity index (χ1) is 12.4. The lowest BCUT2D eigenvalue weighted by Gasteiger charge is -2.44. The molecular weight excluding hydrogens is 377 g/mol. The molecule has 2 aliphatic heterocycles. The number of rotatable bonds is 1. The number of fused-ring (bicyclic) bond motifs is 1. The molecular formula is C18H19ClFN3O2S. The Morgan fingerprint density at radius 3 is 2.85 bits per heavy atom. The molecule has 0 unspecified atom stereocenters. The molecule has 1 fully saturated rings. The Morgan fingerprint density at radius 2 is 2.15 bits per heavy atom. The fourth-order valence-corrected chi connectivity index (χ4v) is 4.51. The summed E-state index contributed by atoms with van der Waals surface area (Å²) in [5.41, 5.74) is 0.489. The standard InChI is InChI=1S/C18H19ClFN3O2S/c1-11-10-21-16(26-11)22-17(24)23-6-4-18(5-7-23)3-2-12-8-13(20)9-14(19)15(12)25-18/h8-10H,2-7H2,1H3,(H,21,22,24). The predicted molar refractivity (Wildman–Crippen MR) is 99.8 cm³/mol. The molecule has 0 aliphatic carbocycles. The van der Waals surface area contributed by atoms with Crippen molar-refractivity contribution in [3.63, 3.8) is 0 Å². The normalized spacial score (nSPS) is 18.3. The molecule has 4 rings (SSSR count). The lowest BCUT2D eigenvalue weighted by atomic mass is 9.83. The van der Waals surface area contributed by atoms with Gasteiger partial charge < -0.3 is 9.64 Å². The van der Waals surface area contributed by atoms with Crippen LogP contribution in [-0.4, -0.2) is 34.6 Å². The summed E-state index contributed by atoms with van der Waals surface area (Å²) in [4.78, 5) is 19.4. The average Bonchev–Trinajstić information content (AvgIpc) is 3.01. The van der Waals surface area contributed by atoms with Gasteiger partial charge in [-0.2, -0.15) is 0 Å². The molecule has 26 heavy (non-hydrogen) atoms. The average molecular weight is 396 g/mol. The summed E-state index contributed by atoms with van der Waals surface area (Å²) >= 11 is 7.63. The van der Waals surface area contributed by atoms with Crippen LogP contribution in [0.15, 0.2) is 18.3 Å². The number of ether oxygens (including phenoxy) is 1. The molecule has 2 aromatic rings. The minimum Gasteiger partial charge on any atom is -0.485 e. The van der Waals surface area contributed by atoms with Gasteiger partial charge in [0.25, 0.3) is 0 Å². The molecule has 1 N–H and O–H groups in total. The number of nitrogens with zero attached hydrogens (tertiary/aromatic N) is 2. The van der Waals surface area contributed by atoms with Crippen LogP contribution >= 0.6 is 22.9 Å². The number of anilines is 1. The molecule has 3 heterocycles. The largest absolute Gasteiger partial charge is 0.485 e. The molecule has 138 valence electrons. The van der Waals surface area contributed by atoms with E-state index < -0.39 is 0 Å². The Morgan fingerprint density at radius 1 is 1.38 bits per heavy atom. The van der Waals surface area contributed by atoms with Crippen molar-refractivity contribution in [1.29, 1.82) is 0 Å². The Labute approximate surface area is 160 Å². The summed E-state index contributed by atoms with van der Waals surface area (Å²) < 4.78 is 19.7. The highest BCUT2D eigenvalue weighted by molar-refractivity contribution is 7.15. The van der Waals surface area contributed by atoms with Gasteiger partial charge in [0.1, 0.15) is 17.2 Å². The zero-order valence-electron chi connectivity index (χ0n) is 14.3. The van der Waals surface area contributed by atoms with Crippen molar-refractivity contribution in [1.82, 2.24) is 9.88 Å². The zero-order valence-corrected chi connectivity index (χ0v) is 15.9. The Kier molecular flexibility index (Phi) is 4.52. The Hall–Kier alpha value is -1.86. The van der Waals surface area contributed by atoms with Crippen LogP contribution in [0.5, 0.6) is 5.75 Å². The zero-order chi connectivity index (χ0) is 18.3. The number of hydrogen-bond acceptors (Lipinski definition) is 4. The number of carbonyl (C=O) groups is 1. The predicted octanol–water partition coefficient (Wildman–Crippen LogP) is 4.64. The van der Waals surface area contributed by atoms with Crippen LogP contribution in [0.3, 0.4) is 0 Å². The monoisotopic (exact) mass is 395 g/mol. The van der Waals surface area contributed by atoms with Crippen LogP contribution in [0, 0.1) is 12.7 Å². The van der Waals surface area contributed by atoms with Gasteiger partial charge in [-0.05, 0) is 37.5 Å². The topological polar surface area (TPSA) is 54.5 Å². The third-order valence-electron chi connectivity index (χ3n) is 5.05. The van der Waals surface area contributed by atoms with E-state index in [2.05, 4.69) is 10.3 Å². The molecule has 1 saturated heterocycles. The summed E-state index contributed by atoms with van der Waals surface area (Å²) in [6, 6.07) is 2.65. The number of amides is 2. The van der Waals surface area contributed by atoms with Gasteiger partial charge in [0.05, 0.1) is 5.02 Å². The maximum absolute atomic E-state index is 13.5. The van der Waals surface area contributed by atoms with Gasteiger partial charge >= 0.3 is 6.03 Å². The molecule has 1 spiro atoms. The number of nitrogens with one attached hydrogen (secondary N) is 1. The number of likely N-dealkylation sites (tertiary alicyclic amines) is 1. The smallest absolute Gasteiger partial charge is 0.323 e. The number of aryl methyl sites for hydroxylation is 2. The van der Waals surface area contributed by atoms with E-state index in [4.69, 9.17) is 16.3 Å². The number of benzene rings is 1. The second kappa shape index (κ2) is 6.70. The number of aromatic nitrogens is 1. The van der Waals surface area contributed by atoms with E-state index in [1.807, 2.05) is 6.92 Å². The summed E-state index contributed by atoms with van der Waals surface area (Å²) in [5.74, 6) is 0.257. The van der Waals surface area contributed by atoms with Crippen molar-refractivity contribution in [3.8, 4) is 5.75 Å². The number of piperidine rings is 1. The van der Waals surface area contributed by atoms with Crippen molar-refractivity contribution in [2.45, 2.75) is 38.2 Å². The van der Waals surface area contributed by atoms with Crippen LogP contribution in [0.2, 0.25) is 5.02 Å². The van der Waals surface area contributed by atoms with Gasteiger partial charge in [-0.25, -0.2) is 14.2 Å². The fraction of sp³-hybridized carbons (Fsp3) is 0.444. The summed E-state index contributed by atoms with van der Waals surface area (Å²) in [5, 5.41) is 3.78. The van der Waals surface area contributed by atoms with E-state index >= 15 is 0 Å². The number of halogens is 2. The van der Waals surface area contributed by atoms with Gasteiger partial charge in [0, 0.05) is 37.0 Å². The maximum atomic E-state index is 13.5. The van der Waals surface area contributed by atoms with E-state index in [-0.39, 0.29) is 17.4 Å². The molecule has 1 aromatic carbocycles. The molecule has 0 bridgehead atoms. The lowest BCUT2D eigenvalue weighted by molar-refractivity contribution is -0.00439. The molecule has 8 heteroatoms. The first-order valence-electron chi connectivity index (χ1n) is 8.59. The Balaban J connectivity index is 1.41. The Bertz CT molecular complexity index is 849. The van der Waals surface area contributed by atoms with Crippen molar-refractivity contribution in [2.75, 3.05) is 18.4 Å². The fourth-order valence-electron chi connectivity index (χ4n) is 3.60. The first-order valence-corrected chi connectivity index (χ1v) is 9.79. The summed E-state index contributed by atoms with van der Waals surface area (Å²) in [7, 11) is 0. The third-order valence-corrected chi connectivity index (χ3v) is 6.16. The van der Waals surface area contributed by atoms with E-state index in [0.29, 0.717) is 29.0 Å². The molecule has 2 aliphatic rings. The minimum absolute atomic E-state index is 0.134. The van der Waals surface area contributed by atoms with Crippen molar-refractivity contribution in [3.05, 3.63) is 39.6 Å². The SMILES string of the molecule is Cc1cnc(NC(=O)N2CCC3(CCc4cc(F)cc(Cl)c4O3)CC2)s1. The van der Waals surface area contributed by atoms with Crippen molar-refractivity contribution in [2.24, 2.45) is 0 Å². The van der Waals surface area contributed by atoms with E-state index in [1.54, 1.807) is 11.1 Å². The van der Waals surface area contributed by atoms with Crippen molar-refractivity contribution >= 4 is 34.1 Å².